The maximum atomic E-state index is 7.12. The largest absolute Gasteiger partial charge is 0.457 e. The van der Waals surface area contributed by atoms with Crippen LogP contribution in [0.3, 0.4) is 0 Å². The average Bonchev–Trinajstić information content (AvgIpc) is 3.87. The molecular weight excluding hydrogens is 829 g/mol. The van der Waals surface area contributed by atoms with Crippen LogP contribution >= 0.6 is 0 Å². The first-order valence-corrected chi connectivity index (χ1v) is 24.4. The van der Waals surface area contributed by atoms with Crippen LogP contribution in [0.25, 0.3) is 38.8 Å². The fraction of sp³-hybridized carbons (Fsp3) is 0.317. The Bertz CT molecular complexity index is 3180. The van der Waals surface area contributed by atoms with Gasteiger partial charge in [0.25, 0.3) is 0 Å². The highest BCUT2D eigenvalue weighted by Gasteiger charge is 2.42. The molecule has 0 amide bonds. The second kappa shape index (κ2) is 16.9. The Morgan fingerprint density at radius 1 is 0.412 bits per heavy atom. The lowest BCUT2D eigenvalue weighted by atomic mass is 9.78. The SMILES string of the molecule is CC(C)(C)C1=C(C(C)(C)C)N(c2cccc(C(C)(C)c3ccccc3)c2)CN1c1cc(Oc2ccc3c4cc(C(C)(C)C)ccc4n(-c4cc(C(C)(C)C)ccn4)c3c2)cc(-c2ccccc2)c1. The standard InChI is InChI=1S/C63H70N4O/c1-59(2,3)45-28-31-54-53(37-45)52-30-29-50(40-55(52)67(54)56-38-46(32-33-64-56)60(4,5)6)68-51-35-43(42-22-17-15-18-23-42)34-49(39-51)66-41-65(57(61(7,8)9)58(66)62(10,11)12)48-27-21-26-47(36-48)63(13,14)44-24-19-16-20-25-44/h15-40H,41H2,1-14H3. The number of hydrogen-bond donors (Lipinski definition) is 0. The summed E-state index contributed by atoms with van der Waals surface area (Å²) in [7, 11) is 0. The van der Waals surface area contributed by atoms with Crippen molar-refractivity contribution in [1.82, 2.24) is 9.55 Å². The number of pyridine rings is 1. The summed E-state index contributed by atoms with van der Waals surface area (Å²) in [5, 5.41) is 2.38. The molecule has 1 aliphatic rings. The Kier molecular flexibility index (Phi) is 11.5. The van der Waals surface area contributed by atoms with E-state index in [0.717, 1.165) is 45.2 Å². The first kappa shape index (κ1) is 46.5. The molecule has 9 rings (SSSR count). The Labute approximate surface area is 406 Å². The summed E-state index contributed by atoms with van der Waals surface area (Å²) < 4.78 is 9.44. The molecule has 0 radical (unpaired) electrons. The summed E-state index contributed by atoms with van der Waals surface area (Å²) in [6.45, 7) is 33.0. The zero-order valence-electron chi connectivity index (χ0n) is 42.9. The van der Waals surface area contributed by atoms with E-state index in [0.29, 0.717) is 6.67 Å². The molecule has 1 aliphatic heterocycles. The lowest BCUT2D eigenvalue weighted by Gasteiger charge is -2.34. The number of aromatic nitrogens is 2. The van der Waals surface area contributed by atoms with E-state index in [9.17, 15) is 0 Å². The van der Waals surface area contributed by atoms with Gasteiger partial charge in [0.2, 0.25) is 0 Å². The molecule has 3 heterocycles. The molecular formula is C63H70N4O. The summed E-state index contributed by atoms with van der Waals surface area (Å²) in [5.74, 6) is 2.45. The lowest BCUT2D eigenvalue weighted by molar-refractivity contribution is 0.444. The lowest BCUT2D eigenvalue weighted by Crippen LogP contribution is -2.31. The van der Waals surface area contributed by atoms with Gasteiger partial charge >= 0.3 is 0 Å². The average molecular weight is 899 g/mol. The van der Waals surface area contributed by atoms with E-state index in [1.54, 1.807) is 0 Å². The van der Waals surface area contributed by atoms with Crippen molar-refractivity contribution in [2.45, 2.75) is 113 Å². The molecule has 348 valence electrons. The minimum atomic E-state index is -0.189. The highest BCUT2D eigenvalue weighted by atomic mass is 16.5. The summed E-state index contributed by atoms with van der Waals surface area (Å²) in [6, 6.07) is 55.4. The fourth-order valence-corrected chi connectivity index (χ4v) is 10.1. The van der Waals surface area contributed by atoms with Gasteiger partial charge in [0, 0.05) is 68.1 Å². The Hall–Kier alpha value is -6.59. The monoisotopic (exact) mass is 899 g/mol. The number of ether oxygens (including phenoxy) is 1. The van der Waals surface area contributed by atoms with Crippen molar-refractivity contribution in [2.24, 2.45) is 10.8 Å². The second-order valence-corrected chi connectivity index (χ2v) is 23.6. The quantitative estimate of drug-likeness (QED) is 0.152. The minimum absolute atomic E-state index is 0.00290. The molecule has 2 aromatic heterocycles. The molecule has 68 heavy (non-hydrogen) atoms. The van der Waals surface area contributed by atoms with Crippen LogP contribution in [0.2, 0.25) is 0 Å². The van der Waals surface area contributed by atoms with Crippen molar-refractivity contribution >= 4 is 33.2 Å². The predicted molar refractivity (Wildman–Crippen MR) is 289 cm³/mol. The van der Waals surface area contributed by atoms with Gasteiger partial charge in [-0.15, -0.1) is 0 Å². The van der Waals surface area contributed by atoms with Gasteiger partial charge in [-0.2, -0.15) is 0 Å². The molecule has 8 aromatic rings. The molecule has 6 aromatic carbocycles. The van der Waals surface area contributed by atoms with Crippen LogP contribution in [0.15, 0.2) is 169 Å². The van der Waals surface area contributed by atoms with Crippen LogP contribution in [0.5, 0.6) is 11.5 Å². The predicted octanol–water partition coefficient (Wildman–Crippen LogP) is 17.1. The summed E-state index contributed by atoms with van der Waals surface area (Å²) in [6.07, 6.45) is 1.95. The topological polar surface area (TPSA) is 33.5 Å². The minimum Gasteiger partial charge on any atom is -0.457 e. The van der Waals surface area contributed by atoms with Gasteiger partial charge in [-0.3, -0.25) is 4.57 Å². The number of nitrogens with zero attached hydrogens (tertiary/aromatic N) is 4. The number of allylic oxidation sites excluding steroid dienone is 2. The Morgan fingerprint density at radius 3 is 1.68 bits per heavy atom. The highest BCUT2D eigenvalue weighted by Crippen LogP contribution is 2.50. The van der Waals surface area contributed by atoms with Gasteiger partial charge < -0.3 is 14.5 Å². The van der Waals surface area contributed by atoms with Crippen molar-refractivity contribution in [2.75, 3.05) is 16.5 Å². The second-order valence-electron chi connectivity index (χ2n) is 23.6. The van der Waals surface area contributed by atoms with E-state index in [4.69, 9.17) is 9.72 Å². The van der Waals surface area contributed by atoms with Gasteiger partial charge in [-0.05, 0) is 105 Å². The number of hydrogen-bond acceptors (Lipinski definition) is 4. The van der Waals surface area contributed by atoms with Crippen molar-refractivity contribution in [3.8, 4) is 28.4 Å². The van der Waals surface area contributed by atoms with E-state index < -0.39 is 0 Å². The van der Waals surface area contributed by atoms with Crippen LogP contribution < -0.4 is 14.5 Å². The van der Waals surface area contributed by atoms with Gasteiger partial charge in [0.15, 0.2) is 0 Å². The molecule has 0 saturated carbocycles. The molecule has 0 unspecified atom stereocenters. The smallest absolute Gasteiger partial charge is 0.137 e. The van der Waals surface area contributed by atoms with Crippen LogP contribution in [0.4, 0.5) is 11.4 Å². The molecule has 5 heteroatoms. The van der Waals surface area contributed by atoms with E-state index >= 15 is 0 Å². The molecule has 0 spiro atoms. The molecule has 0 fully saturated rings. The molecule has 5 nitrogen and oxygen atoms in total. The summed E-state index contributed by atoms with van der Waals surface area (Å²) in [4.78, 5) is 10.1. The first-order chi connectivity index (χ1) is 32.0. The van der Waals surface area contributed by atoms with E-state index in [2.05, 4.69) is 263 Å². The van der Waals surface area contributed by atoms with Gasteiger partial charge in [-0.1, -0.05) is 176 Å². The molecule has 0 N–H and O–H groups in total. The van der Waals surface area contributed by atoms with Crippen LogP contribution in [0.1, 0.15) is 119 Å². The maximum absolute atomic E-state index is 7.12. The highest BCUT2D eigenvalue weighted by molar-refractivity contribution is 6.09. The zero-order valence-corrected chi connectivity index (χ0v) is 42.9. The van der Waals surface area contributed by atoms with E-state index in [1.165, 1.54) is 50.1 Å². The third-order valence-electron chi connectivity index (χ3n) is 13.8. The van der Waals surface area contributed by atoms with Crippen LogP contribution in [-0.4, -0.2) is 16.2 Å². The van der Waals surface area contributed by atoms with Crippen LogP contribution in [0, 0.1) is 10.8 Å². The number of anilines is 2. The normalized spacial score (nSPS) is 14.1. The Morgan fingerprint density at radius 2 is 1.03 bits per heavy atom. The zero-order chi connectivity index (χ0) is 48.6. The van der Waals surface area contributed by atoms with Crippen molar-refractivity contribution in [1.29, 1.82) is 0 Å². The van der Waals surface area contributed by atoms with Crippen molar-refractivity contribution < 1.29 is 4.74 Å². The number of fused-ring (bicyclic) bond motifs is 3. The van der Waals surface area contributed by atoms with E-state index in [-0.39, 0.29) is 27.1 Å². The van der Waals surface area contributed by atoms with Gasteiger partial charge in [-0.25, -0.2) is 4.98 Å². The Balaban J connectivity index is 1.19. The first-order valence-electron chi connectivity index (χ1n) is 24.4. The maximum Gasteiger partial charge on any atom is 0.137 e. The molecule has 0 saturated heterocycles. The summed E-state index contributed by atoms with van der Waals surface area (Å²) in [5.41, 5.74) is 13.9. The molecule has 0 aliphatic carbocycles. The molecule has 0 atom stereocenters. The third kappa shape index (κ3) is 8.84. The van der Waals surface area contributed by atoms with Crippen LogP contribution in [-0.2, 0) is 16.2 Å². The summed E-state index contributed by atoms with van der Waals surface area (Å²) >= 11 is 0. The van der Waals surface area contributed by atoms with Crippen molar-refractivity contribution in [3.05, 3.63) is 192 Å². The molecule has 0 bridgehead atoms. The number of benzene rings is 6. The van der Waals surface area contributed by atoms with Gasteiger partial charge in [0.1, 0.15) is 17.3 Å². The van der Waals surface area contributed by atoms with E-state index in [1.807, 2.05) is 6.20 Å². The fourth-order valence-electron chi connectivity index (χ4n) is 10.1. The third-order valence-corrected chi connectivity index (χ3v) is 13.8. The van der Waals surface area contributed by atoms with Crippen molar-refractivity contribution in [3.63, 3.8) is 0 Å². The van der Waals surface area contributed by atoms with Gasteiger partial charge in [0.05, 0.1) is 17.7 Å². The number of rotatable bonds is 8.